The van der Waals surface area contributed by atoms with E-state index in [0.717, 1.165) is 12.8 Å². The van der Waals surface area contributed by atoms with Crippen molar-refractivity contribution in [2.75, 3.05) is 23.8 Å². The van der Waals surface area contributed by atoms with E-state index in [9.17, 15) is 14.3 Å². The highest BCUT2D eigenvalue weighted by atomic mass is 19.1. The third-order valence-corrected chi connectivity index (χ3v) is 4.00. The number of carbonyl (C=O) groups excluding carboxylic acids is 1. The van der Waals surface area contributed by atoms with Crippen molar-refractivity contribution in [3.05, 3.63) is 11.8 Å². The van der Waals surface area contributed by atoms with Gasteiger partial charge in [-0.2, -0.15) is 4.98 Å². The number of alkyl halides is 1. The Bertz CT molecular complexity index is 572. The van der Waals surface area contributed by atoms with Gasteiger partial charge in [0, 0.05) is 12.7 Å². The van der Waals surface area contributed by atoms with Crippen LogP contribution < -0.4 is 16.4 Å². The molecule has 0 aliphatic heterocycles. The first kappa shape index (κ1) is 18.4. The summed E-state index contributed by atoms with van der Waals surface area (Å²) in [6.45, 7) is 3.57. The molecular weight excluding hydrogens is 313 g/mol. The van der Waals surface area contributed by atoms with Gasteiger partial charge in [-0.25, -0.2) is 9.37 Å². The van der Waals surface area contributed by atoms with Gasteiger partial charge in [0.15, 0.2) is 0 Å². The molecule has 1 aliphatic carbocycles. The number of aliphatic hydroxyl groups is 1. The number of halogens is 1. The lowest BCUT2D eigenvalue weighted by Gasteiger charge is -2.18. The summed E-state index contributed by atoms with van der Waals surface area (Å²) in [6, 6.07) is -0.154. The van der Waals surface area contributed by atoms with Crippen molar-refractivity contribution in [3.8, 4) is 0 Å². The zero-order valence-electron chi connectivity index (χ0n) is 14.2. The second-order valence-electron chi connectivity index (χ2n) is 6.84. The van der Waals surface area contributed by atoms with Crippen LogP contribution in [0.15, 0.2) is 6.20 Å². The van der Waals surface area contributed by atoms with Crippen LogP contribution in [0.3, 0.4) is 0 Å². The predicted octanol–water partition coefficient (Wildman–Crippen LogP) is 1.70. The molecule has 1 atom stereocenters. The van der Waals surface area contributed by atoms with Crippen molar-refractivity contribution in [1.82, 2.24) is 9.97 Å². The summed E-state index contributed by atoms with van der Waals surface area (Å²) in [5.74, 6) is 0.410. The number of nitrogens with two attached hydrogens (primary N) is 1. The van der Waals surface area contributed by atoms with Crippen LogP contribution in [0.5, 0.6) is 0 Å². The first-order valence-electron chi connectivity index (χ1n) is 8.27. The van der Waals surface area contributed by atoms with Gasteiger partial charge in [-0.15, -0.1) is 0 Å². The van der Waals surface area contributed by atoms with Gasteiger partial charge in [-0.05, 0) is 45.4 Å². The molecule has 0 bridgehead atoms. The molecule has 1 unspecified atom stereocenters. The summed E-state index contributed by atoms with van der Waals surface area (Å²) >= 11 is 0. The lowest BCUT2D eigenvalue weighted by molar-refractivity contribution is 0.1000. The number of aliphatic hydroxyl groups excluding tert-OH is 1. The Morgan fingerprint density at radius 1 is 1.54 bits per heavy atom. The SMILES string of the molecule is CC(C)(F)CCCNc1ncc(C(N)=O)c(NC(CO)C2CC2)n1. The van der Waals surface area contributed by atoms with Crippen molar-refractivity contribution in [2.24, 2.45) is 11.7 Å². The molecule has 1 saturated carbocycles. The first-order chi connectivity index (χ1) is 11.3. The molecule has 8 heteroatoms. The summed E-state index contributed by atoms with van der Waals surface area (Å²) in [4.78, 5) is 19.9. The van der Waals surface area contributed by atoms with E-state index in [1.165, 1.54) is 6.20 Å². The summed E-state index contributed by atoms with van der Waals surface area (Å²) in [6.07, 6.45) is 4.51. The zero-order valence-corrected chi connectivity index (χ0v) is 14.2. The minimum absolute atomic E-state index is 0.0405. The van der Waals surface area contributed by atoms with E-state index in [1.807, 2.05) is 0 Å². The molecule has 1 aromatic rings. The molecule has 7 nitrogen and oxygen atoms in total. The smallest absolute Gasteiger partial charge is 0.254 e. The topological polar surface area (TPSA) is 113 Å². The number of rotatable bonds is 10. The van der Waals surface area contributed by atoms with Gasteiger partial charge in [0.2, 0.25) is 5.95 Å². The van der Waals surface area contributed by atoms with Gasteiger partial charge < -0.3 is 21.5 Å². The van der Waals surface area contributed by atoms with Gasteiger partial charge >= 0.3 is 0 Å². The fraction of sp³-hybridized carbons (Fsp3) is 0.688. The van der Waals surface area contributed by atoms with Crippen LogP contribution >= 0.6 is 0 Å². The van der Waals surface area contributed by atoms with Crippen LogP contribution in [0.1, 0.15) is 49.9 Å². The number of nitrogens with zero attached hydrogens (tertiary/aromatic N) is 2. The molecule has 1 aliphatic rings. The van der Waals surface area contributed by atoms with E-state index in [1.54, 1.807) is 13.8 Å². The maximum atomic E-state index is 13.4. The Morgan fingerprint density at radius 2 is 2.25 bits per heavy atom. The summed E-state index contributed by atoms with van der Waals surface area (Å²) in [5.41, 5.74) is 4.34. The van der Waals surface area contributed by atoms with Gasteiger partial charge in [0.05, 0.1) is 18.2 Å². The normalized spacial score (nSPS) is 15.8. The number of hydrogen-bond donors (Lipinski definition) is 4. The quantitative estimate of drug-likeness (QED) is 0.483. The third-order valence-electron chi connectivity index (χ3n) is 4.00. The Hall–Kier alpha value is -1.96. The van der Waals surface area contributed by atoms with Crippen molar-refractivity contribution in [2.45, 2.75) is 51.2 Å². The van der Waals surface area contributed by atoms with Crippen molar-refractivity contribution < 1.29 is 14.3 Å². The average Bonchev–Trinajstić information content (AvgIpc) is 3.33. The highest BCUT2D eigenvalue weighted by molar-refractivity contribution is 5.97. The van der Waals surface area contributed by atoms with E-state index in [2.05, 4.69) is 20.6 Å². The minimum Gasteiger partial charge on any atom is -0.394 e. The monoisotopic (exact) mass is 339 g/mol. The van der Waals surface area contributed by atoms with Gasteiger partial charge in [-0.3, -0.25) is 4.79 Å². The van der Waals surface area contributed by atoms with Gasteiger partial charge in [0.25, 0.3) is 5.91 Å². The van der Waals surface area contributed by atoms with Gasteiger partial charge in [-0.1, -0.05) is 0 Å². The number of aromatic nitrogens is 2. The second kappa shape index (κ2) is 7.74. The van der Waals surface area contributed by atoms with Gasteiger partial charge in [0.1, 0.15) is 11.5 Å². The van der Waals surface area contributed by atoms with Crippen LogP contribution in [0.4, 0.5) is 16.2 Å². The molecule has 0 spiro atoms. The highest BCUT2D eigenvalue weighted by Gasteiger charge is 2.31. The predicted molar refractivity (Wildman–Crippen MR) is 90.7 cm³/mol. The van der Waals surface area contributed by atoms with E-state index in [0.29, 0.717) is 37.1 Å². The minimum atomic E-state index is -1.20. The maximum Gasteiger partial charge on any atom is 0.254 e. The van der Waals surface area contributed by atoms with Crippen molar-refractivity contribution in [3.63, 3.8) is 0 Å². The summed E-state index contributed by atoms with van der Waals surface area (Å²) < 4.78 is 13.4. The summed E-state index contributed by atoms with van der Waals surface area (Å²) in [5, 5.41) is 15.6. The molecule has 5 N–H and O–H groups in total. The van der Waals surface area contributed by atoms with E-state index in [4.69, 9.17) is 5.73 Å². The Morgan fingerprint density at radius 3 is 2.79 bits per heavy atom. The molecule has 1 heterocycles. The second-order valence-corrected chi connectivity index (χ2v) is 6.84. The number of carbonyl (C=O) groups is 1. The molecule has 1 amide bonds. The zero-order chi connectivity index (χ0) is 17.7. The number of primary amides is 1. The number of hydrogen-bond acceptors (Lipinski definition) is 6. The van der Waals surface area contributed by atoms with Crippen LogP contribution in [-0.2, 0) is 0 Å². The molecule has 0 saturated heterocycles. The number of amides is 1. The summed E-state index contributed by atoms with van der Waals surface area (Å²) in [7, 11) is 0. The van der Waals surface area contributed by atoms with Crippen LogP contribution in [0.2, 0.25) is 0 Å². The van der Waals surface area contributed by atoms with Crippen LogP contribution in [-0.4, -0.2) is 45.8 Å². The number of nitrogens with one attached hydrogen (secondary N) is 2. The highest BCUT2D eigenvalue weighted by Crippen LogP contribution is 2.34. The molecule has 1 fully saturated rings. The molecule has 0 radical (unpaired) electrons. The van der Waals surface area contributed by atoms with Crippen molar-refractivity contribution in [1.29, 1.82) is 0 Å². The molecule has 134 valence electrons. The van der Waals surface area contributed by atoms with Crippen LogP contribution in [0, 0.1) is 5.92 Å². The van der Waals surface area contributed by atoms with E-state index in [-0.39, 0.29) is 18.2 Å². The lowest BCUT2D eigenvalue weighted by atomic mass is 10.1. The largest absolute Gasteiger partial charge is 0.394 e. The fourth-order valence-corrected chi connectivity index (χ4v) is 2.45. The fourth-order valence-electron chi connectivity index (χ4n) is 2.45. The molecule has 0 aromatic carbocycles. The average molecular weight is 339 g/mol. The molecule has 2 rings (SSSR count). The Labute approximate surface area is 141 Å². The lowest BCUT2D eigenvalue weighted by Crippen LogP contribution is -2.29. The number of anilines is 2. The Balaban J connectivity index is 2.02. The first-order valence-corrected chi connectivity index (χ1v) is 8.27. The van der Waals surface area contributed by atoms with E-state index < -0.39 is 11.6 Å². The molecule has 1 aromatic heterocycles. The Kier molecular flexibility index (Phi) is 5.93. The molecular formula is C16H26FN5O2. The van der Waals surface area contributed by atoms with Crippen molar-refractivity contribution >= 4 is 17.7 Å². The van der Waals surface area contributed by atoms with Crippen LogP contribution in [0.25, 0.3) is 0 Å². The molecule has 24 heavy (non-hydrogen) atoms. The maximum absolute atomic E-state index is 13.4. The van der Waals surface area contributed by atoms with E-state index >= 15 is 0 Å². The third kappa shape index (κ3) is 5.59. The standard InChI is InChI=1S/C16H26FN5O2/c1-16(2,17)6-3-7-19-15-20-8-11(13(18)24)14(22-15)21-12(9-23)10-4-5-10/h8,10,12,23H,3-7,9H2,1-2H3,(H2,18,24)(H2,19,20,21,22).